The Hall–Kier alpha value is -1.32. The first-order valence-electron chi connectivity index (χ1n) is 6.30. The van der Waals surface area contributed by atoms with E-state index in [-0.39, 0.29) is 17.9 Å². The van der Waals surface area contributed by atoms with Gasteiger partial charge in [-0.05, 0) is 19.3 Å². The maximum Gasteiger partial charge on any atom is 0.249 e. The number of rotatable bonds is 5. The number of carbonyl (C=O) groups is 2. The summed E-state index contributed by atoms with van der Waals surface area (Å²) in [5.74, 6) is -0.0218. The van der Waals surface area contributed by atoms with Crippen molar-refractivity contribution in [3.05, 3.63) is 12.7 Å². The molecule has 1 N–H and O–H groups in total. The van der Waals surface area contributed by atoms with E-state index in [1.54, 1.807) is 11.0 Å². The molecule has 1 unspecified atom stereocenters. The molecule has 1 heterocycles. The molecule has 0 radical (unpaired) electrons. The molecule has 1 saturated heterocycles. The van der Waals surface area contributed by atoms with Crippen LogP contribution in [0.3, 0.4) is 0 Å². The number of hydrogen-bond acceptors (Lipinski definition) is 2. The van der Waals surface area contributed by atoms with E-state index in [1.165, 1.54) is 0 Å². The second kappa shape index (κ2) is 5.34. The molecule has 0 aromatic rings. The number of nitrogens with zero attached hydrogens (tertiary/aromatic N) is 1. The fraction of sp³-hybridized carbons (Fsp3) is 0.692. The van der Waals surface area contributed by atoms with Crippen LogP contribution in [0.4, 0.5) is 0 Å². The molecule has 4 nitrogen and oxygen atoms in total. The zero-order valence-corrected chi connectivity index (χ0v) is 11.0. The monoisotopic (exact) mass is 238 g/mol. The third-order valence-corrected chi connectivity index (χ3v) is 3.63. The van der Waals surface area contributed by atoms with E-state index in [0.717, 1.165) is 0 Å². The largest absolute Gasteiger partial charge is 0.340 e. The van der Waals surface area contributed by atoms with E-state index in [9.17, 15) is 9.59 Å². The number of carbonyl (C=O) groups excluding carboxylic acids is 2. The van der Waals surface area contributed by atoms with Gasteiger partial charge in [0, 0.05) is 6.54 Å². The van der Waals surface area contributed by atoms with Gasteiger partial charge in [-0.1, -0.05) is 26.8 Å². The fourth-order valence-corrected chi connectivity index (χ4v) is 2.41. The summed E-state index contributed by atoms with van der Waals surface area (Å²) < 4.78 is 0. The van der Waals surface area contributed by atoms with Gasteiger partial charge in [-0.25, -0.2) is 0 Å². The molecule has 1 fully saturated rings. The van der Waals surface area contributed by atoms with Crippen molar-refractivity contribution in [2.24, 2.45) is 0 Å². The molecule has 0 aliphatic carbocycles. The highest BCUT2D eigenvalue weighted by Crippen LogP contribution is 2.25. The highest BCUT2D eigenvalue weighted by Gasteiger charge is 2.47. The van der Waals surface area contributed by atoms with Gasteiger partial charge in [0.2, 0.25) is 11.8 Å². The van der Waals surface area contributed by atoms with Crippen molar-refractivity contribution >= 4 is 11.8 Å². The summed E-state index contributed by atoms with van der Waals surface area (Å²) in [6, 6.07) is -0.355. The summed E-state index contributed by atoms with van der Waals surface area (Å²) in [6.45, 7) is 9.87. The van der Waals surface area contributed by atoms with Crippen molar-refractivity contribution in [3.63, 3.8) is 0 Å². The molecule has 2 amide bonds. The van der Waals surface area contributed by atoms with Crippen LogP contribution in [0.2, 0.25) is 0 Å². The van der Waals surface area contributed by atoms with Crippen molar-refractivity contribution in [1.82, 2.24) is 10.2 Å². The van der Waals surface area contributed by atoms with Crippen LogP contribution >= 0.6 is 0 Å². The second-order valence-electron chi connectivity index (χ2n) is 4.45. The SMILES string of the molecule is C=CCN1C(=O)C(CC)(CC)NC(=O)C1CC. The maximum atomic E-state index is 12.5. The molecule has 0 bridgehead atoms. The lowest BCUT2D eigenvalue weighted by molar-refractivity contribution is -0.154. The molecule has 0 spiro atoms. The maximum absolute atomic E-state index is 12.5. The van der Waals surface area contributed by atoms with Crippen LogP contribution in [-0.2, 0) is 9.59 Å². The van der Waals surface area contributed by atoms with Gasteiger partial charge in [-0.3, -0.25) is 9.59 Å². The van der Waals surface area contributed by atoms with E-state index < -0.39 is 5.54 Å². The van der Waals surface area contributed by atoms with Crippen molar-refractivity contribution < 1.29 is 9.59 Å². The first-order chi connectivity index (χ1) is 8.06. The molecule has 17 heavy (non-hydrogen) atoms. The minimum atomic E-state index is -0.717. The zero-order valence-electron chi connectivity index (χ0n) is 11.0. The van der Waals surface area contributed by atoms with Crippen molar-refractivity contribution in [1.29, 1.82) is 0 Å². The third kappa shape index (κ3) is 2.21. The molecule has 1 atom stereocenters. The van der Waals surface area contributed by atoms with Crippen molar-refractivity contribution in [2.45, 2.75) is 51.6 Å². The third-order valence-electron chi connectivity index (χ3n) is 3.63. The van der Waals surface area contributed by atoms with Crippen LogP contribution in [-0.4, -0.2) is 34.8 Å². The molecule has 0 aromatic carbocycles. The molecule has 4 heteroatoms. The summed E-state index contributed by atoms with van der Waals surface area (Å²) in [6.07, 6.45) is 3.56. The van der Waals surface area contributed by atoms with Crippen LogP contribution < -0.4 is 5.32 Å². The molecule has 0 saturated carbocycles. The van der Waals surface area contributed by atoms with Crippen LogP contribution in [0.1, 0.15) is 40.0 Å². The summed E-state index contributed by atoms with van der Waals surface area (Å²) in [7, 11) is 0. The number of hydrogen-bond donors (Lipinski definition) is 1. The quantitative estimate of drug-likeness (QED) is 0.737. The van der Waals surface area contributed by atoms with Gasteiger partial charge in [-0.15, -0.1) is 6.58 Å². The summed E-state index contributed by atoms with van der Waals surface area (Å²) in [5, 5.41) is 2.90. The Kier molecular flexibility index (Phi) is 4.32. The summed E-state index contributed by atoms with van der Waals surface area (Å²) >= 11 is 0. The Morgan fingerprint density at radius 3 is 2.35 bits per heavy atom. The normalized spacial score (nSPS) is 23.5. The molecular formula is C13H22N2O2. The van der Waals surface area contributed by atoms with Crippen LogP contribution in [0.25, 0.3) is 0 Å². The van der Waals surface area contributed by atoms with Crippen LogP contribution in [0.5, 0.6) is 0 Å². The van der Waals surface area contributed by atoms with Crippen molar-refractivity contribution in [2.75, 3.05) is 6.54 Å². The topological polar surface area (TPSA) is 49.4 Å². The Labute approximate surface area is 103 Å². The molecule has 1 aliphatic rings. The predicted molar refractivity (Wildman–Crippen MR) is 67.4 cm³/mol. The lowest BCUT2D eigenvalue weighted by Gasteiger charge is -2.45. The number of amides is 2. The Bertz CT molecular complexity index is 321. The van der Waals surface area contributed by atoms with E-state index in [0.29, 0.717) is 25.8 Å². The molecule has 96 valence electrons. The Morgan fingerprint density at radius 1 is 1.35 bits per heavy atom. The van der Waals surface area contributed by atoms with Gasteiger partial charge in [-0.2, -0.15) is 0 Å². The van der Waals surface area contributed by atoms with Crippen molar-refractivity contribution in [3.8, 4) is 0 Å². The van der Waals surface area contributed by atoms with Gasteiger partial charge in [0.25, 0.3) is 0 Å². The van der Waals surface area contributed by atoms with E-state index in [1.807, 2.05) is 20.8 Å². The zero-order chi connectivity index (χ0) is 13.1. The number of piperazine rings is 1. The van der Waals surface area contributed by atoms with Gasteiger partial charge in [0.1, 0.15) is 11.6 Å². The van der Waals surface area contributed by atoms with E-state index in [2.05, 4.69) is 11.9 Å². The van der Waals surface area contributed by atoms with Crippen LogP contribution in [0.15, 0.2) is 12.7 Å². The van der Waals surface area contributed by atoms with Gasteiger partial charge >= 0.3 is 0 Å². The van der Waals surface area contributed by atoms with Gasteiger partial charge in [0.05, 0.1) is 0 Å². The first-order valence-corrected chi connectivity index (χ1v) is 6.30. The second-order valence-corrected chi connectivity index (χ2v) is 4.45. The summed E-state index contributed by atoms with van der Waals surface area (Å²) in [4.78, 5) is 26.2. The fourth-order valence-electron chi connectivity index (χ4n) is 2.41. The smallest absolute Gasteiger partial charge is 0.249 e. The average molecular weight is 238 g/mol. The average Bonchev–Trinajstić information content (AvgIpc) is 2.34. The lowest BCUT2D eigenvalue weighted by atomic mass is 9.86. The number of nitrogens with one attached hydrogen (secondary N) is 1. The lowest BCUT2D eigenvalue weighted by Crippen LogP contribution is -2.69. The highest BCUT2D eigenvalue weighted by atomic mass is 16.2. The van der Waals surface area contributed by atoms with E-state index in [4.69, 9.17) is 0 Å². The molecular weight excluding hydrogens is 216 g/mol. The summed E-state index contributed by atoms with van der Waals surface area (Å²) in [5.41, 5.74) is -0.717. The minimum Gasteiger partial charge on any atom is -0.340 e. The van der Waals surface area contributed by atoms with E-state index >= 15 is 0 Å². The predicted octanol–water partition coefficient (Wildman–Crippen LogP) is 1.47. The van der Waals surface area contributed by atoms with Crippen LogP contribution in [0, 0.1) is 0 Å². The minimum absolute atomic E-state index is 0.0221. The molecule has 1 rings (SSSR count). The van der Waals surface area contributed by atoms with Gasteiger partial charge in [0.15, 0.2) is 0 Å². The first kappa shape index (κ1) is 13.7. The molecule has 1 aliphatic heterocycles. The van der Waals surface area contributed by atoms with Gasteiger partial charge < -0.3 is 10.2 Å². The Morgan fingerprint density at radius 2 is 1.94 bits per heavy atom. The molecule has 0 aromatic heterocycles. The highest BCUT2D eigenvalue weighted by molar-refractivity contribution is 5.99. The standard InChI is InChI=1S/C13H22N2O2/c1-5-9-15-10(6-2)11(16)14-13(7-3,8-4)12(15)17/h5,10H,1,6-9H2,2-4H3,(H,14,16). The Balaban J connectivity index is 3.09.